The summed E-state index contributed by atoms with van der Waals surface area (Å²) < 4.78 is 4.77. The van der Waals surface area contributed by atoms with Crippen molar-refractivity contribution in [3.63, 3.8) is 0 Å². The van der Waals surface area contributed by atoms with Crippen LogP contribution in [-0.4, -0.2) is 4.57 Å². The Morgan fingerprint density at radius 3 is 2.62 bits per heavy atom. The monoisotopic (exact) mass is 357 g/mol. The molecule has 3 aromatic rings. The Hall–Kier alpha value is -1.77. The smallest absolute Gasteiger partial charge is 0.229 e. The van der Waals surface area contributed by atoms with Crippen molar-refractivity contribution in [3.05, 3.63) is 75.7 Å². The summed E-state index contributed by atoms with van der Waals surface area (Å²) in [5.41, 5.74) is 4.94. The van der Waals surface area contributed by atoms with Crippen molar-refractivity contribution < 1.29 is 4.57 Å². The number of imidazole rings is 1. The molecule has 1 aromatic heterocycles. The van der Waals surface area contributed by atoms with Gasteiger partial charge < -0.3 is 0 Å². The molecule has 0 amide bonds. The highest BCUT2D eigenvalue weighted by atomic mass is 35.5. The Labute approximate surface area is 152 Å². The second kappa shape index (κ2) is 6.27. The van der Waals surface area contributed by atoms with E-state index in [1.54, 1.807) is 0 Å². The van der Waals surface area contributed by atoms with Crippen LogP contribution >= 0.6 is 23.2 Å². The fourth-order valence-corrected chi connectivity index (χ4v) is 3.90. The third kappa shape index (κ3) is 2.85. The molecule has 0 fully saturated rings. The van der Waals surface area contributed by atoms with E-state index in [4.69, 9.17) is 23.2 Å². The first-order valence-electron chi connectivity index (χ1n) is 8.24. The van der Waals surface area contributed by atoms with Crippen LogP contribution in [0.5, 0.6) is 0 Å². The van der Waals surface area contributed by atoms with Crippen LogP contribution in [0.25, 0.3) is 11.3 Å². The van der Waals surface area contributed by atoms with E-state index in [1.165, 1.54) is 29.1 Å². The number of aryl methyl sites for hydroxylation is 1. The van der Waals surface area contributed by atoms with Crippen LogP contribution in [0, 0.1) is 6.92 Å². The highest BCUT2D eigenvalue weighted by Gasteiger charge is 2.28. The number of halogens is 2. The SMILES string of the molecule is Cc1ccc(-c2c[n+](Cc3ccc(Cl)cc3Cl)c3n2CCC3)cc1. The molecule has 0 N–H and O–H groups in total. The van der Waals surface area contributed by atoms with Crippen LogP contribution in [0.3, 0.4) is 0 Å². The summed E-state index contributed by atoms with van der Waals surface area (Å²) in [7, 11) is 0. The minimum atomic E-state index is 0.677. The van der Waals surface area contributed by atoms with Crippen molar-refractivity contribution >= 4 is 23.2 Å². The van der Waals surface area contributed by atoms with Gasteiger partial charge >= 0.3 is 0 Å². The van der Waals surface area contributed by atoms with Crippen LogP contribution in [0.1, 0.15) is 23.4 Å². The molecule has 4 rings (SSSR count). The van der Waals surface area contributed by atoms with Gasteiger partial charge in [-0.2, -0.15) is 0 Å². The predicted octanol–water partition coefficient (Wildman–Crippen LogP) is 5.05. The fraction of sp³-hybridized carbons (Fsp3) is 0.250. The lowest BCUT2D eigenvalue weighted by molar-refractivity contribution is -0.694. The summed E-state index contributed by atoms with van der Waals surface area (Å²) in [5.74, 6) is 1.37. The van der Waals surface area contributed by atoms with Crippen molar-refractivity contribution in [1.29, 1.82) is 0 Å². The molecule has 4 heteroatoms. The zero-order valence-electron chi connectivity index (χ0n) is 13.6. The van der Waals surface area contributed by atoms with Crippen molar-refractivity contribution in [2.75, 3.05) is 0 Å². The van der Waals surface area contributed by atoms with Gasteiger partial charge in [0.1, 0.15) is 12.7 Å². The maximum atomic E-state index is 6.37. The van der Waals surface area contributed by atoms with Crippen molar-refractivity contribution in [1.82, 2.24) is 4.57 Å². The van der Waals surface area contributed by atoms with Gasteiger partial charge in [-0.15, -0.1) is 0 Å². The van der Waals surface area contributed by atoms with Crippen LogP contribution in [0.15, 0.2) is 48.7 Å². The summed E-state index contributed by atoms with van der Waals surface area (Å²) in [6, 6.07) is 14.5. The average molecular weight is 358 g/mol. The third-order valence-corrected chi connectivity index (χ3v) is 5.28. The molecular formula is C20H19Cl2N2+. The van der Waals surface area contributed by atoms with Crippen molar-refractivity contribution in [2.45, 2.75) is 32.9 Å². The Balaban J connectivity index is 1.74. The van der Waals surface area contributed by atoms with E-state index in [9.17, 15) is 0 Å². The molecule has 0 atom stereocenters. The van der Waals surface area contributed by atoms with E-state index >= 15 is 0 Å². The third-order valence-electron chi connectivity index (χ3n) is 4.70. The number of nitrogens with zero attached hydrogens (tertiary/aromatic N) is 2. The molecule has 0 saturated heterocycles. The van der Waals surface area contributed by atoms with Crippen molar-refractivity contribution in [2.24, 2.45) is 0 Å². The van der Waals surface area contributed by atoms with E-state index in [2.05, 4.69) is 46.5 Å². The lowest BCUT2D eigenvalue weighted by Crippen LogP contribution is -2.36. The van der Waals surface area contributed by atoms with Gasteiger partial charge in [0.15, 0.2) is 5.69 Å². The largest absolute Gasteiger partial charge is 0.257 e. The first kappa shape index (κ1) is 15.7. The number of benzene rings is 2. The molecule has 122 valence electrons. The van der Waals surface area contributed by atoms with Gasteiger partial charge in [0.25, 0.3) is 5.82 Å². The summed E-state index contributed by atoms with van der Waals surface area (Å²) in [4.78, 5) is 0. The van der Waals surface area contributed by atoms with Gasteiger partial charge in [0.05, 0.1) is 13.0 Å². The van der Waals surface area contributed by atoms with Crippen LogP contribution in [-0.2, 0) is 19.5 Å². The van der Waals surface area contributed by atoms with Gasteiger partial charge in [0.2, 0.25) is 0 Å². The quantitative estimate of drug-likeness (QED) is 0.579. The standard InChI is InChI=1S/C20H19Cl2N2/c1-14-4-6-15(7-5-14)19-13-23(20-3-2-10-24(19)20)12-16-8-9-17(21)11-18(16)22/h4-9,11,13H,2-3,10,12H2,1H3/q+1. The van der Waals surface area contributed by atoms with Crippen LogP contribution < -0.4 is 4.57 Å². The Morgan fingerprint density at radius 2 is 1.88 bits per heavy atom. The predicted molar refractivity (Wildman–Crippen MR) is 98.7 cm³/mol. The summed E-state index contributed by atoms with van der Waals surface area (Å²) in [6.45, 7) is 3.98. The van der Waals surface area contributed by atoms with E-state index in [0.717, 1.165) is 30.1 Å². The summed E-state index contributed by atoms with van der Waals surface area (Å²) >= 11 is 12.4. The van der Waals surface area contributed by atoms with E-state index in [0.29, 0.717) is 5.02 Å². The topological polar surface area (TPSA) is 8.81 Å². The number of aromatic nitrogens is 2. The van der Waals surface area contributed by atoms with Gasteiger partial charge in [-0.05, 0) is 25.5 Å². The summed E-state index contributed by atoms with van der Waals surface area (Å²) in [5, 5.41) is 1.40. The number of hydrogen-bond donors (Lipinski definition) is 0. The molecule has 2 heterocycles. The molecular weight excluding hydrogens is 339 g/mol. The van der Waals surface area contributed by atoms with Crippen LogP contribution in [0.2, 0.25) is 10.0 Å². The zero-order chi connectivity index (χ0) is 16.7. The average Bonchev–Trinajstić information content (AvgIpc) is 3.15. The Kier molecular flexibility index (Phi) is 4.11. The Bertz CT molecular complexity index is 895. The minimum absolute atomic E-state index is 0.677. The molecule has 0 unspecified atom stereocenters. The second-order valence-corrected chi connectivity index (χ2v) is 7.26. The first-order chi connectivity index (χ1) is 11.6. The minimum Gasteiger partial charge on any atom is -0.229 e. The number of rotatable bonds is 3. The molecule has 0 spiro atoms. The number of hydrogen-bond acceptors (Lipinski definition) is 0. The maximum absolute atomic E-state index is 6.37. The van der Waals surface area contributed by atoms with E-state index < -0.39 is 0 Å². The molecule has 0 radical (unpaired) electrons. The van der Waals surface area contributed by atoms with Gasteiger partial charge in [-0.3, -0.25) is 0 Å². The molecule has 2 aromatic carbocycles. The van der Waals surface area contributed by atoms with E-state index in [-0.39, 0.29) is 0 Å². The van der Waals surface area contributed by atoms with Crippen molar-refractivity contribution in [3.8, 4) is 11.3 Å². The molecule has 2 nitrogen and oxygen atoms in total. The van der Waals surface area contributed by atoms with Gasteiger partial charge in [-0.25, -0.2) is 9.13 Å². The second-order valence-electron chi connectivity index (χ2n) is 6.42. The van der Waals surface area contributed by atoms with Crippen LogP contribution in [0.4, 0.5) is 0 Å². The first-order valence-corrected chi connectivity index (χ1v) is 9.00. The molecule has 1 aliphatic rings. The maximum Gasteiger partial charge on any atom is 0.257 e. The van der Waals surface area contributed by atoms with Gasteiger partial charge in [0, 0.05) is 21.2 Å². The van der Waals surface area contributed by atoms with Gasteiger partial charge in [-0.1, -0.05) is 59.1 Å². The fourth-order valence-electron chi connectivity index (χ4n) is 3.43. The Morgan fingerprint density at radius 1 is 1.08 bits per heavy atom. The lowest BCUT2D eigenvalue weighted by Gasteiger charge is -2.03. The highest BCUT2D eigenvalue weighted by Crippen LogP contribution is 2.26. The lowest BCUT2D eigenvalue weighted by atomic mass is 10.1. The normalized spacial score (nSPS) is 13.3. The zero-order valence-corrected chi connectivity index (χ0v) is 15.1. The molecule has 0 bridgehead atoms. The van der Waals surface area contributed by atoms with E-state index in [1.807, 2.05) is 18.2 Å². The molecule has 1 aliphatic heterocycles. The highest BCUT2D eigenvalue weighted by molar-refractivity contribution is 6.35. The molecule has 24 heavy (non-hydrogen) atoms. The summed E-state index contributed by atoms with van der Waals surface area (Å²) in [6.07, 6.45) is 4.56. The molecule has 0 aliphatic carbocycles. The molecule has 0 saturated carbocycles. The number of fused-ring (bicyclic) bond motifs is 1.